The van der Waals surface area contributed by atoms with Crippen LogP contribution in [0.3, 0.4) is 0 Å². The molecule has 0 aliphatic heterocycles. The Labute approximate surface area is 82.9 Å². The van der Waals surface area contributed by atoms with E-state index in [-0.39, 0.29) is 12.0 Å². The lowest BCUT2D eigenvalue weighted by atomic mass is 9.92. The lowest BCUT2D eigenvalue weighted by molar-refractivity contribution is 0.533. The van der Waals surface area contributed by atoms with Gasteiger partial charge in [-0.2, -0.15) is 0 Å². The molecule has 0 spiro atoms. The van der Waals surface area contributed by atoms with Gasteiger partial charge in [0.2, 0.25) is 0 Å². The SMILES string of the molecule is CCC(N)C(C)c1cc(F)cc(F)c1. The van der Waals surface area contributed by atoms with E-state index in [2.05, 4.69) is 0 Å². The van der Waals surface area contributed by atoms with Gasteiger partial charge in [0.05, 0.1) is 0 Å². The Kier molecular flexibility index (Phi) is 3.58. The van der Waals surface area contributed by atoms with Crippen molar-refractivity contribution in [2.24, 2.45) is 5.73 Å². The van der Waals surface area contributed by atoms with Gasteiger partial charge in [-0.15, -0.1) is 0 Å². The molecule has 14 heavy (non-hydrogen) atoms. The van der Waals surface area contributed by atoms with Gasteiger partial charge in [0.25, 0.3) is 0 Å². The van der Waals surface area contributed by atoms with E-state index in [0.717, 1.165) is 12.5 Å². The summed E-state index contributed by atoms with van der Waals surface area (Å²) < 4.78 is 25.7. The van der Waals surface area contributed by atoms with Crippen LogP contribution in [-0.4, -0.2) is 6.04 Å². The van der Waals surface area contributed by atoms with Crippen molar-refractivity contribution < 1.29 is 8.78 Å². The first kappa shape index (κ1) is 11.1. The smallest absolute Gasteiger partial charge is 0.126 e. The van der Waals surface area contributed by atoms with Gasteiger partial charge in [0.15, 0.2) is 0 Å². The van der Waals surface area contributed by atoms with Gasteiger partial charge in [0.1, 0.15) is 11.6 Å². The Morgan fingerprint density at radius 1 is 1.21 bits per heavy atom. The molecule has 0 saturated carbocycles. The Morgan fingerprint density at radius 2 is 1.71 bits per heavy atom. The molecule has 1 aromatic rings. The summed E-state index contributed by atoms with van der Waals surface area (Å²) in [5, 5.41) is 0. The number of rotatable bonds is 3. The van der Waals surface area contributed by atoms with E-state index in [9.17, 15) is 8.78 Å². The molecule has 1 aromatic carbocycles. The van der Waals surface area contributed by atoms with E-state index in [1.165, 1.54) is 12.1 Å². The zero-order valence-electron chi connectivity index (χ0n) is 8.43. The molecule has 0 aromatic heterocycles. The third-order valence-corrected chi connectivity index (χ3v) is 2.52. The van der Waals surface area contributed by atoms with Crippen molar-refractivity contribution in [2.75, 3.05) is 0 Å². The summed E-state index contributed by atoms with van der Waals surface area (Å²) >= 11 is 0. The third kappa shape index (κ3) is 2.51. The van der Waals surface area contributed by atoms with Gasteiger partial charge < -0.3 is 5.73 Å². The minimum Gasteiger partial charge on any atom is -0.327 e. The fourth-order valence-electron chi connectivity index (χ4n) is 1.44. The summed E-state index contributed by atoms with van der Waals surface area (Å²) in [6.07, 6.45) is 0.791. The lowest BCUT2D eigenvalue weighted by Gasteiger charge is -2.18. The van der Waals surface area contributed by atoms with E-state index >= 15 is 0 Å². The van der Waals surface area contributed by atoms with Crippen molar-refractivity contribution in [1.82, 2.24) is 0 Å². The van der Waals surface area contributed by atoms with Gasteiger partial charge in [0, 0.05) is 12.1 Å². The third-order valence-electron chi connectivity index (χ3n) is 2.52. The Balaban J connectivity index is 2.94. The summed E-state index contributed by atoms with van der Waals surface area (Å²) in [5.74, 6) is -1.12. The van der Waals surface area contributed by atoms with Gasteiger partial charge in [-0.05, 0) is 30.0 Å². The van der Waals surface area contributed by atoms with Crippen LogP contribution in [0.1, 0.15) is 31.7 Å². The van der Waals surface area contributed by atoms with Crippen molar-refractivity contribution in [3.8, 4) is 0 Å². The maximum atomic E-state index is 12.9. The maximum absolute atomic E-state index is 12.9. The topological polar surface area (TPSA) is 26.0 Å². The molecule has 3 heteroatoms. The van der Waals surface area contributed by atoms with Gasteiger partial charge in [-0.25, -0.2) is 8.78 Å². The number of hydrogen-bond acceptors (Lipinski definition) is 1. The molecular weight excluding hydrogens is 184 g/mol. The summed E-state index contributed by atoms with van der Waals surface area (Å²) in [6, 6.07) is 3.48. The second kappa shape index (κ2) is 4.51. The highest BCUT2D eigenvalue weighted by Crippen LogP contribution is 2.21. The monoisotopic (exact) mass is 199 g/mol. The first-order valence-corrected chi connectivity index (χ1v) is 4.76. The molecular formula is C11H15F2N. The molecule has 2 unspecified atom stereocenters. The molecule has 0 bridgehead atoms. The molecule has 1 nitrogen and oxygen atoms in total. The number of benzene rings is 1. The van der Waals surface area contributed by atoms with Crippen molar-refractivity contribution in [3.05, 3.63) is 35.4 Å². The Hall–Kier alpha value is -0.960. The predicted octanol–water partition coefficient (Wildman–Crippen LogP) is 2.81. The second-order valence-corrected chi connectivity index (χ2v) is 3.56. The molecule has 2 N–H and O–H groups in total. The van der Waals surface area contributed by atoms with Crippen LogP contribution in [-0.2, 0) is 0 Å². The number of halogens is 2. The maximum Gasteiger partial charge on any atom is 0.126 e. The predicted molar refractivity (Wildman–Crippen MR) is 53.0 cm³/mol. The van der Waals surface area contributed by atoms with Crippen LogP contribution in [0.15, 0.2) is 18.2 Å². The number of hydrogen-bond donors (Lipinski definition) is 1. The van der Waals surface area contributed by atoms with Crippen molar-refractivity contribution >= 4 is 0 Å². The van der Waals surface area contributed by atoms with Crippen molar-refractivity contribution in [3.63, 3.8) is 0 Å². The molecule has 0 fully saturated rings. The minimum atomic E-state index is -0.546. The summed E-state index contributed by atoms with van der Waals surface area (Å²) in [7, 11) is 0. The average Bonchev–Trinajstić information content (AvgIpc) is 2.14. The minimum absolute atomic E-state index is 0.0230. The van der Waals surface area contributed by atoms with Crippen LogP contribution in [0.4, 0.5) is 8.78 Å². The largest absolute Gasteiger partial charge is 0.327 e. The van der Waals surface area contributed by atoms with Crippen LogP contribution in [0.2, 0.25) is 0 Å². The van der Waals surface area contributed by atoms with E-state index in [1.54, 1.807) is 0 Å². The van der Waals surface area contributed by atoms with Gasteiger partial charge in [-0.1, -0.05) is 13.8 Å². The van der Waals surface area contributed by atoms with Crippen LogP contribution in [0.5, 0.6) is 0 Å². The molecule has 0 heterocycles. The molecule has 78 valence electrons. The molecule has 0 saturated heterocycles. The highest BCUT2D eigenvalue weighted by Gasteiger charge is 2.14. The van der Waals surface area contributed by atoms with Crippen LogP contribution < -0.4 is 5.73 Å². The zero-order chi connectivity index (χ0) is 10.7. The van der Waals surface area contributed by atoms with Crippen molar-refractivity contribution in [1.29, 1.82) is 0 Å². The van der Waals surface area contributed by atoms with Crippen molar-refractivity contribution in [2.45, 2.75) is 32.2 Å². The van der Waals surface area contributed by atoms with E-state index in [0.29, 0.717) is 5.56 Å². The fourth-order valence-corrected chi connectivity index (χ4v) is 1.44. The highest BCUT2D eigenvalue weighted by atomic mass is 19.1. The van der Waals surface area contributed by atoms with E-state index in [1.807, 2.05) is 13.8 Å². The fraction of sp³-hybridized carbons (Fsp3) is 0.455. The van der Waals surface area contributed by atoms with Crippen LogP contribution in [0, 0.1) is 11.6 Å². The lowest BCUT2D eigenvalue weighted by Crippen LogP contribution is -2.25. The second-order valence-electron chi connectivity index (χ2n) is 3.56. The van der Waals surface area contributed by atoms with Crippen LogP contribution in [0.25, 0.3) is 0 Å². The number of nitrogens with two attached hydrogens (primary N) is 1. The first-order valence-electron chi connectivity index (χ1n) is 4.76. The molecule has 0 aliphatic rings. The Bertz CT molecular complexity index is 292. The van der Waals surface area contributed by atoms with Crippen LogP contribution >= 0.6 is 0 Å². The summed E-state index contributed by atoms with van der Waals surface area (Å²) in [6.45, 7) is 3.83. The molecule has 0 amide bonds. The highest BCUT2D eigenvalue weighted by molar-refractivity contribution is 5.22. The van der Waals surface area contributed by atoms with E-state index in [4.69, 9.17) is 5.73 Å². The molecule has 2 atom stereocenters. The van der Waals surface area contributed by atoms with Gasteiger partial charge >= 0.3 is 0 Å². The molecule has 0 aliphatic carbocycles. The normalized spacial score (nSPS) is 15.2. The zero-order valence-corrected chi connectivity index (χ0v) is 8.43. The first-order chi connectivity index (χ1) is 6.54. The average molecular weight is 199 g/mol. The summed E-state index contributed by atoms with van der Waals surface area (Å²) in [5.41, 5.74) is 6.43. The standard InChI is InChI=1S/C11H15F2N/c1-3-11(14)7(2)8-4-9(12)6-10(13)5-8/h4-7,11H,3,14H2,1-2H3. The quantitative estimate of drug-likeness (QED) is 0.795. The summed E-state index contributed by atoms with van der Waals surface area (Å²) in [4.78, 5) is 0. The Morgan fingerprint density at radius 3 is 2.14 bits per heavy atom. The van der Waals surface area contributed by atoms with Gasteiger partial charge in [-0.3, -0.25) is 0 Å². The molecule has 1 rings (SSSR count). The van der Waals surface area contributed by atoms with E-state index < -0.39 is 11.6 Å². The molecule has 0 radical (unpaired) electrons.